The van der Waals surface area contributed by atoms with E-state index in [0.717, 1.165) is 6.54 Å². The summed E-state index contributed by atoms with van der Waals surface area (Å²) in [6, 6.07) is 1.59. The van der Waals surface area contributed by atoms with Gasteiger partial charge in [0, 0.05) is 25.5 Å². The van der Waals surface area contributed by atoms with E-state index in [2.05, 4.69) is 15.0 Å². The van der Waals surface area contributed by atoms with Gasteiger partial charge in [0.05, 0.1) is 40.7 Å². The first kappa shape index (κ1) is 16.9. The minimum Gasteiger partial charge on any atom is -0.374 e. The molecule has 1 atom stereocenters. The number of aromatic nitrogens is 2. The summed E-state index contributed by atoms with van der Waals surface area (Å²) in [5, 5.41) is 3.99. The van der Waals surface area contributed by atoms with Crippen LogP contribution in [0.2, 0.25) is 10.0 Å². The molecule has 1 aliphatic heterocycles. The molecular formula is C13H16Cl2N4O3S. The van der Waals surface area contributed by atoms with Crippen molar-refractivity contribution in [1.82, 2.24) is 19.4 Å². The Kier molecular flexibility index (Phi) is 5.10. The molecule has 10 heteroatoms. The van der Waals surface area contributed by atoms with E-state index in [1.54, 1.807) is 22.9 Å². The van der Waals surface area contributed by atoms with E-state index in [1.807, 2.05) is 0 Å². The molecule has 3 heterocycles. The maximum Gasteiger partial charge on any atom is 0.214 e. The zero-order valence-corrected chi connectivity index (χ0v) is 14.5. The lowest BCUT2D eigenvalue weighted by Crippen LogP contribution is -2.44. The van der Waals surface area contributed by atoms with Crippen LogP contribution in [0.15, 0.2) is 18.5 Å². The molecule has 1 fully saturated rings. The Morgan fingerprint density at radius 3 is 3.00 bits per heavy atom. The topological polar surface area (TPSA) is 84.7 Å². The van der Waals surface area contributed by atoms with E-state index in [0.29, 0.717) is 34.5 Å². The van der Waals surface area contributed by atoms with Crippen molar-refractivity contribution in [1.29, 1.82) is 0 Å². The molecule has 0 radical (unpaired) electrons. The van der Waals surface area contributed by atoms with Gasteiger partial charge in [0.25, 0.3) is 0 Å². The van der Waals surface area contributed by atoms with Crippen LogP contribution in [0, 0.1) is 0 Å². The molecule has 3 rings (SSSR count). The van der Waals surface area contributed by atoms with E-state index >= 15 is 0 Å². The normalized spacial score (nSPS) is 19.3. The second kappa shape index (κ2) is 6.92. The van der Waals surface area contributed by atoms with Gasteiger partial charge in [0.2, 0.25) is 10.0 Å². The number of morpholine rings is 1. The van der Waals surface area contributed by atoms with Crippen LogP contribution in [-0.4, -0.2) is 49.4 Å². The van der Waals surface area contributed by atoms with Crippen LogP contribution in [0.3, 0.4) is 0 Å². The molecular weight excluding hydrogens is 363 g/mol. The average molecular weight is 379 g/mol. The number of imidazole rings is 1. The molecule has 1 unspecified atom stereocenters. The number of ether oxygens (including phenoxy) is 1. The first-order valence-electron chi connectivity index (χ1n) is 7.05. The van der Waals surface area contributed by atoms with Crippen LogP contribution in [0.1, 0.15) is 5.69 Å². The average Bonchev–Trinajstić information content (AvgIpc) is 2.89. The maximum absolute atomic E-state index is 12.1. The summed E-state index contributed by atoms with van der Waals surface area (Å²) < 4.78 is 33.8. The molecule has 0 saturated carbocycles. The summed E-state index contributed by atoms with van der Waals surface area (Å²) in [5.41, 5.74) is 1.09. The molecule has 0 bridgehead atoms. The van der Waals surface area contributed by atoms with Crippen LogP contribution in [0.4, 0.5) is 0 Å². The van der Waals surface area contributed by atoms with Crippen LogP contribution in [0.25, 0.3) is 5.65 Å². The highest BCUT2D eigenvalue weighted by molar-refractivity contribution is 7.89. The van der Waals surface area contributed by atoms with Crippen LogP contribution < -0.4 is 10.0 Å². The summed E-state index contributed by atoms with van der Waals surface area (Å²) >= 11 is 12.0. The molecule has 2 aromatic rings. The van der Waals surface area contributed by atoms with Crippen molar-refractivity contribution >= 4 is 38.9 Å². The molecule has 0 amide bonds. The van der Waals surface area contributed by atoms with Crippen molar-refractivity contribution in [2.75, 3.05) is 25.4 Å². The number of rotatable bonds is 5. The molecule has 0 spiro atoms. The molecule has 7 nitrogen and oxygen atoms in total. The first-order chi connectivity index (χ1) is 10.9. The van der Waals surface area contributed by atoms with Crippen molar-refractivity contribution < 1.29 is 13.2 Å². The van der Waals surface area contributed by atoms with Gasteiger partial charge in [-0.3, -0.25) is 0 Å². The number of hydrogen-bond acceptors (Lipinski definition) is 5. The Hall–Kier alpha value is -0.900. The highest BCUT2D eigenvalue weighted by Gasteiger charge is 2.22. The number of nitrogens with zero attached hydrogens (tertiary/aromatic N) is 2. The van der Waals surface area contributed by atoms with E-state index in [4.69, 9.17) is 27.9 Å². The maximum atomic E-state index is 12.1. The van der Waals surface area contributed by atoms with Crippen molar-refractivity contribution in [2.45, 2.75) is 12.6 Å². The highest BCUT2D eigenvalue weighted by atomic mass is 35.5. The molecule has 1 aliphatic rings. The highest BCUT2D eigenvalue weighted by Crippen LogP contribution is 2.21. The van der Waals surface area contributed by atoms with Gasteiger partial charge in [-0.15, -0.1) is 0 Å². The predicted molar refractivity (Wildman–Crippen MR) is 88.4 cm³/mol. The monoisotopic (exact) mass is 378 g/mol. The molecule has 23 heavy (non-hydrogen) atoms. The molecule has 0 aromatic carbocycles. The fourth-order valence-corrected chi connectivity index (χ4v) is 4.09. The predicted octanol–water partition coefficient (Wildman–Crippen LogP) is 1.05. The molecule has 126 valence electrons. The van der Waals surface area contributed by atoms with Gasteiger partial charge < -0.3 is 14.5 Å². The third-order valence-electron chi connectivity index (χ3n) is 3.41. The zero-order chi connectivity index (χ0) is 16.4. The second-order valence-corrected chi connectivity index (χ2v) is 7.96. The lowest BCUT2D eigenvalue weighted by Gasteiger charge is -2.23. The Bertz CT molecular complexity index is 803. The third kappa shape index (κ3) is 4.34. The number of nitrogens with one attached hydrogen (secondary N) is 2. The fourth-order valence-electron chi connectivity index (χ4n) is 2.37. The van der Waals surface area contributed by atoms with Gasteiger partial charge in [0.1, 0.15) is 0 Å². The van der Waals surface area contributed by atoms with Crippen molar-refractivity contribution in [3.63, 3.8) is 0 Å². The number of pyridine rings is 1. The van der Waals surface area contributed by atoms with Gasteiger partial charge in [0.15, 0.2) is 5.65 Å². The fraction of sp³-hybridized carbons (Fsp3) is 0.462. The van der Waals surface area contributed by atoms with Gasteiger partial charge in [-0.25, -0.2) is 18.1 Å². The standard InChI is InChI=1S/C13H16Cl2N4O3S/c14-9-3-12(15)13-18-10(7-19(13)6-9)4-17-23(20,21)8-11-5-16-1-2-22-11/h3,6-7,11,16-17H,1-2,4-5,8H2. The largest absolute Gasteiger partial charge is 0.374 e. The number of fused-ring (bicyclic) bond motifs is 1. The third-order valence-corrected chi connectivity index (χ3v) is 5.29. The minimum atomic E-state index is -3.46. The van der Waals surface area contributed by atoms with Crippen LogP contribution in [0.5, 0.6) is 0 Å². The van der Waals surface area contributed by atoms with Crippen LogP contribution in [-0.2, 0) is 21.3 Å². The van der Waals surface area contributed by atoms with Gasteiger partial charge in [-0.05, 0) is 6.07 Å². The van der Waals surface area contributed by atoms with Crippen molar-refractivity contribution in [3.05, 3.63) is 34.2 Å². The summed E-state index contributed by atoms with van der Waals surface area (Å²) in [4.78, 5) is 4.31. The first-order valence-corrected chi connectivity index (χ1v) is 9.46. The molecule has 0 aliphatic carbocycles. The minimum absolute atomic E-state index is 0.0815. The van der Waals surface area contributed by atoms with Crippen molar-refractivity contribution in [2.24, 2.45) is 0 Å². The van der Waals surface area contributed by atoms with Crippen LogP contribution >= 0.6 is 23.2 Å². The Morgan fingerprint density at radius 2 is 2.26 bits per heavy atom. The smallest absolute Gasteiger partial charge is 0.214 e. The number of hydrogen-bond donors (Lipinski definition) is 2. The summed E-state index contributed by atoms with van der Waals surface area (Å²) in [6.07, 6.45) is 3.01. The molecule has 1 saturated heterocycles. The molecule has 2 aromatic heterocycles. The SMILES string of the molecule is O=S(=O)(CC1CNCCO1)NCc1cn2cc(Cl)cc(Cl)c2n1. The summed E-state index contributed by atoms with van der Waals surface area (Å²) in [7, 11) is -3.46. The Balaban J connectivity index is 1.66. The van der Waals surface area contributed by atoms with Gasteiger partial charge in [-0.2, -0.15) is 0 Å². The number of halogens is 2. The van der Waals surface area contributed by atoms with Gasteiger partial charge in [-0.1, -0.05) is 23.2 Å². The Morgan fingerprint density at radius 1 is 1.43 bits per heavy atom. The summed E-state index contributed by atoms with van der Waals surface area (Å²) in [6.45, 7) is 1.88. The quantitative estimate of drug-likeness (QED) is 0.811. The molecule has 2 N–H and O–H groups in total. The van der Waals surface area contributed by atoms with E-state index in [1.165, 1.54) is 0 Å². The van der Waals surface area contributed by atoms with E-state index in [9.17, 15) is 8.42 Å². The Labute approximate surface area is 144 Å². The lowest BCUT2D eigenvalue weighted by atomic mass is 10.3. The van der Waals surface area contributed by atoms with E-state index in [-0.39, 0.29) is 18.4 Å². The van der Waals surface area contributed by atoms with Crippen molar-refractivity contribution in [3.8, 4) is 0 Å². The zero-order valence-electron chi connectivity index (χ0n) is 12.1. The number of sulfonamides is 1. The second-order valence-electron chi connectivity index (χ2n) is 5.27. The summed E-state index contributed by atoms with van der Waals surface area (Å²) in [5.74, 6) is -0.0834. The van der Waals surface area contributed by atoms with Gasteiger partial charge >= 0.3 is 0 Å². The lowest BCUT2D eigenvalue weighted by molar-refractivity contribution is 0.0429. The van der Waals surface area contributed by atoms with E-state index < -0.39 is 10.0 Å².